The number of ether oxygens (including phenoxy) is 1. The molecule has 0 saturated carbocycles. The minimum atomic E-state index is -0.600. The van der Waals surface area contributed by atoms with Crippen LogP contribution in [0.2, 0.25) is 0 Å². The number of rotatable bonds is 5. The summed E-state index contributed by atoms with van der Waals surface area (Å²) in [5.41, 5.74) is 3.39. The van der Waals surface area contributed by atoms with Gasteiger partial charge in [0.15, 0.2) is 11.9 Å². The number of piperidine rings is 1. The third-order valence-electron chi connectivity index (χ3n) is 5.32. The molecular weight excluding hydrogens is 368 g/mol. The number of hydrogen-bond donors (Lipinski definition) is 0. The molecule has 1 fully saturated rings. The van der Waals surface area contributed by atoms with E-state index in [1.807, 2.05) is 48.2 Å². The van der Waals surface area contributed by atoms with Gasteiger partial charge in [0.25, 0.3) is 5.91 Å². The monoisotopic (exact) mass is 392 g/mol. The molecule has 0 spiro atoms. The van der Waals surface area contributed by atoms with E-state index in [0.717, 1.165) is 35.4 Å². The quantitative estimate of drug-likeness (QED) is 0.661. The molecule has 7 heteroatoms. The Balaban J connectivity index is 1.57. The zero-order valence-electron chi connectivity index (χ0n) is 16.6. The van der Waals surface area contributed by atoms with Crippen molar-refractivity contribution < 1.29 is 14.1 Å². The van der Waals surface area contributed by atoms with E-state index in [-0.39, 0.29) is 11.8 Å². The molecule has 3 aromatic rings. The molecule has 1 saturated heterocycles. The van der Waals surface area contributed by atoms with Crippen LogP contribution in [0, 0.1) is 6.92 Å². The summed E-state index contributed by atoms with van der Waals surface area (Å²) in [5, 5.41) is 3.98. The van der Waals surface area contributed by atoms with Gasteiger partial charge in [-0.15, -0.1) is 0 Å². The van der Waals surface area contributed by atoms with E-state index in [4.69, 9.17) is 9.26 Å². The average molecular weight is 392 g/mol. The van der Waals surface area contributed by atoms with Crippen molar-refractivity contribution in [2.75, 3.05) is 20.2 Å². The maximum Gasteiger partial charge on any atom is 0.256 e. The molecule has 0 N–H and O–H groups in total. The lowest BCUT2D eigenvalue weighted by molar-refractivity contribution is -0.143. The second kappa shape index (κ2) is 8.53. The third-order valence-corrected chi connectivity index (χ3v) is 5.32. The fourth-order valence-electron chi connectivity index (χ4n) is 3.92. The average Bonchev–Trinajstić information content (AvgIpc) is 3.21. The van der Waals surface area contributed by atoms with Gasteiger partial charge in [-0.1, -0.05) is 35.5 Å². The van der Waals surface area contributed by atoms with Crippen LogP contribution >= 0.6 is 0 Å². The van der Waals surface area contributed by atoms with Crippen LogP contribution in [0.25, 0.3) is 11.3 Å². The Bertz CT molecular complexity index is 973. The molecule has 0 aliphatic carbocycles. The van der Waals surface area contributed by atoms with Crippen LogP contribution in [0.3, 0.4) is 0 Å². The van der Waals surface area contributed by atoms with E-state index in [0.29, 0.717) is 18.8 Å². The van der Waals surface area contributed by atoms with Gasteiger partial charge < -0.3 is 14.2 Å². The maximum atomic E-state index is 13.2. The number of aromatic nitrogens is 3. The SMILES string of the molecule is COC(C(=O)N1CCCC(c2ncncc2-c2cc(C)no2)C1)c1ccccc1. The second-order valence-corrected chi connectivity index (χ2v) is 7.30. The minimum absolute atomic E-state index is 0.0190. The summed E-state index contributed by atoms with van der Waals surface area (Å²) < 4.78 is 11.0. The number of aryl methyl sites for hydroxylation is 1. The minimum Gasteiger partial charge on any atom is -0.367 e. The summed E-state index contributed by atoms with van der Waals surface area (Å²) in [6, 6.07) is 11.5. The molecule has 1 amide bonds. The predicted octanol–water partition coefficient (Wildman–Crippen LogP) is 3.53. The van der Waals surface area contributed by atoms with Gasteiger partial charge in [0, 0.05) is 38.4 Å². The fourth-order valence-corrected chi connectivity index (χ4v) is 3.92. The van der Waals surface area contributed by atoms with Gasteiger partial charge in [0.1, 0.15) is 6.33 Å². The molecule has 1 aromatic carbocycles. The van der Waals surface area contributed by atoms with E-state index >= 15 is 0 Å². The lowest BCUT2D eigenvalue weighted by Crippen LogP contribution is -2.42. The number of nitrogens with zero attached hydrogens (tertiary/aromatic N) is 4. The Morgan fingerprint density at radius 2 is 2.14 bits per heavy atom. The van der Waals surface area contributed by atoms with Crippen LogP contribution in [0.15, 0.2) is 53.4 Å². The summed E-state index contributed by atoms with van der Waals surface area (Å²) in [4.78, 5) is 23.8. The number of carbonyl (C=O) groups is 1. The molecule has 3 heterocycles. The zero-order valence-corrected chi connectivity index (χ0v) is 16.6. The van der Waals surface area contributed by atoms with Crippen molar-refractivity contribution in [1.29, 1.82) is 0 Å². The first-order valence-corrected chi connectivity index (χ1v) is 9.77. The van der Waals surface area contributed by atoms with Gasteiger partial charge in [0.2, 0.25) is 0 Å². The number of benzene rings is 1. The van der Waals surface area contributed by atoms with Crippen LogP contribution in [-0.2, 0) is 9.53 Å². The maximum absolute atomic E-state index is 13.2. The van der Waals surface area contributed by atoms with E-state index in [9.17, 15) is 4.79 Å². The van der Waals surface area contributed by atoms with Gasteiger partial charge in [-0.3, -0.25) is 4.79 Å². The predicted molar refractivity (Wildman–Crippen MR) is 107 cm³/mol. The summed E-state index contributed by atoms with van der Waals surface area (Å²) >= 11 is 0. The number of carbonyl (C=O) groups excluding carboxylic acids is 1. The van der Waals surface area contributed by atoms with E-state index < -0.39 is 6.10 Å². The highest BCUT2D eigenvalue weighted by Crippen LogP contribution is 2.34. The number of amides is 1. The van der Waals surface area contributed by atoms with Crippen LogP contribution in [0.5, 0.6) is 0 Å². The third kappa shape index (κ3) is 4.05. The first-order chi connectivity index (χ1) is 14.2. The van der Waals surface area contributed by atoms with Gasteiger partial charge in [-0.25, -0.2) is 9.97 Å². The normalized spacial score (nSPS) is 17.9. The molecule has 0 radical (unpaired) electrons. The van der Waals surface area contributed by atoms with Crippen LogP contribution in [-0.4, -0.2) is 46.1 Å². The molecule has 2 atom stereocenters. The Kier molecular flexibility index (Phi) is 5.67. The highest BCUT2D eigenvalue weighted by Gasteiger charge is 2.32. The summed E-state index contributed by atoms with van der Waals surface area (Å²) in [6.45, 7) is 3.18. The molecule has 1 aliphatic rings. The van der Waals surface area contributed by atoms with Crippen LogP contribution < -0.4 is 0 Å². The first kappa shape index (κ1) is 19.3. The zero-order chi connectivity index (χ0) is 20.2. The van der Waals surface area contributed by atoms with Gasteiger partial charge in [-0.2, -0.15) is 0 Å². The smallest absolute Gasteiger partial charge is 0.256 e. The van der Waals surface area contributed by atoms with E-state index in [1.165, 1.54) is 0 Å². The molecule has 7 nitrogen and oxygen atoms in total. The van der Waals surface area contributed by atoms with Crippen molar-refractivity contribution in [3.05, 3.63) is 65.9 Å². The topological polar surface area (TPSA) is 81.4 Å². The van der Waals surface area contributed by atoms with Gasteiger partial charge in [-0.05, 0) is 25.3 Å². The summed E-state index contributed by atoms with van der Waals surface area (Å²) in [5.74, 6) is 0.736. The molecule has 29 heavy (non-hydrogen) atoms. The molecule has 2 aromatic heterocycles. The van der Waals surface area contributed by atoms with Crippen LogP contribution in [0.4, 0.5) is 0 Å². The van der Waals surface area contributed by atoms with Crippen molar-refractivity contribution in [2.24, 2.45) is 0 Å². The Labute approximate surface area is 169 Å². The molecule has 1 aliphatic heterocycles. The largest absolute Gasteiger partial charge is 0.367 e. The molecule has 0 bridgehead atoms. The van der Waals surface area contributed by atoms with Crippen molar-refractivity contribution in [2.45, 2.75) is 31.8 Å². The van der Waals surface area contributed by atoms with E-state index in [1.54, 1.807) is 19.6 Å². The van der Waals surface area contributed by atoms with Crippen molar-refractivity contribution in [1.82, 2.24) is 20.0 Å². The highest BCUT2D eigenvalue weighted by atomic mass is 16.5. The first-order valence-electron chi connectivity index (χ1n) is 9.77. The standard InChI is InChI=1S/C22H24N4O3/c1-15-11-19(29-25-15)18-12-23-14-24-20(18)17-9-6-10-26(13-17)22(27)21(28-2)16-7-4-3-5-8-16/h3-5,7-8,11-12,14,17,21H,6,9-10,13H2,1-2H3. The highest BCUT2D eigenvalue weighted by molar-refractivity contribution is 5.82. The van der Waals surface area contributed by atoms with Crippen molar-refractivity contribution >= 4 is 5.91 Å². The van der Waals surface area contributed by atoms with E-state index in [2.05, 4.69) is 15.1 Å². The van der Waals surface area contributed by atoms with Gasteiger partial charge >= 0.3 is 0 Å². The van der Waals surface area contributed by atoms with Crippen molar-refractivity contribution in [3.63, 3.8) is 0 Å². The molecule has 4 rings (SSSR count). The lowest BCUT2D eigenvalue weighted by atomic mass is 9.91. The Hall–Kier alpha value is -3.06. The van der Waals surface area contributed by atoms with Crippen LogP contribution in [0.1, 0.15) is 41.8 Å². The fraction of sp³-hybridized carbons (Fsp3) is 0.364. The Morgan fingerprint density at radius 1 is 1.31 bits per heavy atom. The second-order valence-electron chi connectivity index (χ2n) is 7.30. The van der Waals surface area contributed by atoms with Crippen molar-refractivity contribution in [3.8, 4) is 11.3 Å². The Morgan fingerprint density at radius 3 is 2.86 bits per heavy atom. The lowest BCUT2D eigenvalue weighted by Gasteiger charge is -2.34. The molecule has 2 unspecified atom stereocenters. The summed E-state index contributed by atoms with van der Waals surface area (Å²) in [6.07, 6.45) is 4.55. The molecular formula is C22H24N4O3. The number of methoxy groups -OCH3 is 1. The number of likely N-dealkylation sites (tertiary alicyclic amines) is 1. The molecule has 150 valence electrons. The number of hydrogen-bond acceptors (Lipinski definition) is 6. The summed E-state index contributed by atoms with van der Waals surface area (Å²) in [7, 11) is 1.58. The van der Waals surface area contributed by atoms with Gasteiger partial charge in [0.05, 0.1) is 17.0 Å².